The Morgan fingerprint density at radius 3 is 2.84 bits per heavy atom. The smallest absolute Gasteiger partial charge is 0.141 e. The molecule has 1 aromatic carbocycles. The minimum Gasteiger partial charge on any atom is -0.390 e. The van der Waals surface area contributed by atoms with E-state index < -0.39 is 11.9 Å². The average molecular weight is 263 g/mol. The first-order valence-corrected chi connectivity index (χ1v) is 6.53. The molecule has 1 aliphatic rings. The summed E-state index contributed by atoms with van der Waals surface area (Å²) in [6, 6.07) is 6.08. The number of nitrogens with zero attached hydrogens (tertiary/aromatic N) is 2. The second kappa shape index (κ2) is 6.50. The van der Waals surface area contributed by atoms with E-state index in [0.717, 1.165) is 13.1 Å². The van der Waals surface area contributed by atoms with Gasteiger partial charge in [0.2, 0.25) is 0 Å². The van der Waals surface area contributed by atoms with Crippen LogP contribution < -0.4 is 5.32 Å². The molecule has 0 amide bonds. The Hall–Kier alpha value is -1.64. The van der Waals surface area contributed by atoms with E-state index in [2.05, 4.69) is 10.2 Å². The van der Waals surface area contributed by atoms with Gasteiger partial charge in [0, 0.05) is 18.8 Å². The molecule has 5 heteroatoms. The van der Waals surface area contributed by atoms with E-state index in [-0.39, 0.29) is 5.56 Å². The van der Waals surface area contributed by atoms with Gasteiger partial charge in [-0.1, -0.05) is 0 Å². The van der Waals surface area contributed by atoms with Crippen molar-refractivity contribution >= 4 is 5.69 Å². The Bertz CT molecular complexity index is 466. The van der Waals surface area contributed by atoms with Crippen molar-refractivity contribution < 1.29 is 9.50 Å². The van der Waals surface area contributed by atoms with E-state index in [0.29, 0.717) is 18.8 Å². The molecule has 0 bridgehead atoms. The number of nitriles is 1. The van der Waals surface area contributed by atoms with Crippen molar-refractivity contribution in [2.45, 2.75) is 18.9 Å². The number of aliphatic hydroxyl groups is 1. The molecule has 1 fully saturated rings. The standard InChI is InChI=1S/C14H18FN3O/c15-14-4-3-12(7-11(14)8-16)17-9-13(19)10-18-5-1-2-6-18/h3-4,7,13,17,19H,1-2,5-6,9-10H2. The van der Waals surface area contributed by atoms with Gasteiger partial charge in [-0.15, -0.1) is 0 Å². The summed E-state index contributed by atoms with van der Waals surface area (Å²) in [5, 5.41) is 21.7. The molecule has 19 heavy (non-hydrogen) atoms. The van der Waals surface area contributed by atoms with Crippen LogP contribution in [0.5, 0.6) is 0 Å². The highest BCUT2D eigenvalue weighted by Gasteiger charge is 2.15. The largest absolute Gasteiger partial charge is 0.390 e. The van der Waals surface area contributed by atoms with Gasteiger partial charge in [-0.2, -0.15) is 5.26 Å². The third-order valence-electron chi connectivity index (χ3n) is 3.30. The number of likely N-dealkylation sites (tertiary alicyclic amines) is 1. The van der Waals surface area contributed by atoms with Gasteiger partial charge in [0.05, 0.1) is 11.7 Å². The predicted molar refractivity (Wildman–Crippen MR) is 71.3 cm³/mol. The maximum atomic E-state index is 13.1. The Morgan fingerprint density at radius 2 is 2.16 bits per heavy atom. The zero-order valence-electron chi connectivity index (χ0n) is 10.8. The SMILES string of the molecule is N#Cc1cc(NCC(O)CN2CCCC2)ccc1F. The number of rotatable bonds is 5. The molecule has 1 aliphatic heterocycles. The second-order valence-electron chi connectivity index (χ2n) is 4.85. The summed E-state index contributed by atoms with van der Waals surface area (Å²) in [7, 11) is 0. The van der Waals surface area contributed by atoms with Gasteiger partial charge >= 0.3 is 0 Å². The van der Waals surface area contributed by atoms with Gasteiger partial charge in [-0.05, 0) is 44.1 Å². The molecule has 0 aromatic heterocycles. The highest BCUT2D eigenvalue weighted by atomic mass is 19.1. The fraction of sp³-hybridized carbons (Fsp3) is 0.500. The first-order valence-electron chi connectivity index (χ1n) is 6.53. The fourth-order valence-corrected chi connectivity index (χ4v) is 2.28. The van der Waals surface area contributed by atoms with Crippen molar-refractivity contribution in [3.05, 3.63) is 29.6 Å². The molecule has 2 N–H and O–H groups in total. The molecule has 2 rings (SSSR count). The van der Waals surface area contributed by atoms with E-state index in [4.69, 9.17) is 5.26 Å². The van der Waals surface area contributed by atoms with Gasteiger partial charge < -0.3 is 15.3 Å². The third-order valence-corrected chi connectivity index (χ3v) is 3.30. The topological polar surface area (TPSA) is 59.3 Å². The first-order chi connectivity index (χ1) is 9.19. The number of nitrogens with one attached hydrogen (secondary N) is 1. The van der Waals surface area contributed by atoms with Crippen LogP contribution in [-0.4, -0.2) is 42.3 Å². The molecular formula is C14H18FN3O. The number of benzene rings is 1. The molecule has 4 nitrogen and oxygen atoms in total. The Kier molecular flexibility index (Phi) is 4.72. The van der Waals surface area contributed by atoms with Gasteiger partial charge in [0.1, 0.15) is 11.9 Å². The first kappa shape index (κ1) is 13.8. The van der Waals surface area contributed by atoms with Crippen molar-refractivity contribution in [1.82, 2.24) is 4.90 Å². The molecule has 0 spiro atoms. The molecule has 1 unspecified atom stereocenters. The maximum Gasteiger partial charge on any atom is 0.141 e. The van der Waals surface area contributed by atoms with Crippen molar-refractivity contribution in [1.29, 1.82) is 5.26 Å². The van der Waals surface area contributed by atoms with Crippen molar-refractivity contribution in [2.24, 2.45) is 0 Å². The minimum absolute atomic E-state index is 0.0130. The van der Waals surface area contributed by atoms with Gasteiger partial charge in [0.15, 0.2) is 0 Å². The van der Waals surface area contributed by atoms with Crippen LogP contribution in [0.3, 0.4) is 0 Å². The number of hydrogen-bond acceptors (Lipinski definition) is 4. The Morgan fingerprint density at radius 1 is 1.42 bits per heavy atom. The van der Waals surface area contributed by atoms with Crippen LogP contribution in [0.2, 0.25) is 0 Å². The Labute approximate surface area is 112 Å². The molecule has 1 aromatic rings. The molecular weight excluding hydrogens is 245 g/mol. The van der Waals surface area contributed by atoms with Crippen LogP contribution >= 0.6 is 0 Å². The van der Waals surface area contributed by atoms with Crippen LogP contribution in [0.1, 0.15) is 18.4 Å². The zero-order valence-corrected chi connectivity index (χ0v) is 10.8. The summed E-state index contributed by atoms with van der Waals surface area (Å²) in [4.78, 5) is 2.23. The lowest BCUT2D eigenvalue weighted by molar-refractivity contribution is 0.135. The molecule has 0 saturated carbocycles. The summed E-state index contributed by atoms with van der Waals surface area (Å²) < 4.78 is 13.1. The number of β-amino-alcohol motifs (C(OH)–C–C–N with tert-alkyl or cyclic N) is 1. The van der Waals surface area contributed by atoms with Gasteiger partial charge in [-0.25, -0.2) is 4.39 Å². The lowest BCUT2D eigenvalue weighted by Gasteiger charge is -2.20. The molecule has 1 atom stereocenters. The number of hydrogen-bond donors (Lipinski definition) is 2. The maximum absolute atomic E-state index is 13.1. The number of anilines is 1. The minimum atomic E-state index is -0.523. The quantitative estimate of drug-likeness (QED) is 0.846. The van der Waals surface area contributed by atoms with Crippen LogP contribution in [0.4, 0.5) is 10.1 Å². The highest BCUT2D eigenvalue weighted by Crippen LogP contribution is 2.14. The normalized spacial score (nSPS) is 17.1. The Balaban J connectivity index is 1.82. The predicted octanol–water partition coefficient (Wildman–Crippen LogP) is 1.57. The van der Waals surface area contributed by atoms with E-state index in [1.54, 1.807) is 12.1 Å². The van der Waals surface area contributed by atoms with Crippen molar-refractivity contribution in [3.63, 3.8) is 0 Å². The zero-order chi connectivity index (χ0) is 13.7. The van der Waals surface area contributed by atoms with Crippen LogP contribution in [0.15, 0.2) is 18.2 Å². The summed E-state index contributed by atoms with van der Waals surface area (Å²) in [5.41, 5.74) is 0.664. The lowest BCUT2D eigenvalue weighted by Crippen LogP contribution is -2.34. The summed E-state index contributed by atoms with van der Waals surface area (Å²) in [6.45, 7) is 3.14. The van der Waals surface area contributed by atoms with Crippen LogP contribution in [-0.2, 0) is 0 Å². The van der Waals surface area contributed by atoms with E-state index in [1.807, 2.05) is 0 Å². The second-order valence-corrected chi connectivity index (χ2v) is 4.85. The van der Waals surface area contributed by atoms with Crippen LogP contribution in [0, 0.1) is 17.1 Å². The van der Waals surface area contributed by atoms with Crippen LogP contribution in [0.25, 0.3) is 0 Å². The van der Waals surface area contributed by atoms with E-state index in [9.17, 15) is 9.50 Å². The number of aliphatic hydroxyl groups excluding tert-OH is 1. The van der Waals surface area contributed by atoms with Crippen molar-refractivity contribution in [2.75, 3.05) is 31.5 Å². The average Bonchev–Trinajstić information content (AvgIpc) is 2.90. The lowest BCUT2D eigenvalue weighted by atomic mass is 10.2. The molecule has 1 saturated heterocycles. The summed E-state index contributed by atoms with van der Waals surface area (Å²) >= 11 is 0. The summed E-state index contributed by atoms with van der Waals surface area (Å²) in [6.07, 6.45) is 1.93. The fourth-order valence-electron chi connectivity index (χ4n) is 2.28. The van der Waals surface area contributed by atoms with Crippen molar-refractivity contribution in [3.8, 4) is 6.07 Å². The van der Waals surface area contributed by atoms with Gasteiger partial charge in [0.25, 0.3) is 0 Å². The monoisotopic (exact) mass is 263 g/mol. The number of halogens is 1. The molecule has 102 valence electrons. The molecule has 0 aliphatic carbocycles. The third kappa shape index (κ3) is 3.91. The molecule has 1 heterocycles. The van der Waals surface area contributed by atoms with Gasteiger partial charge in [-0.3, -0.25) is 0 Å². The highest BCUT2D eigenvalue weighted by molar-refractivity contribution is 5.49. The summed E-state index contributed by atoms with van der Waals surface area (Å²) in [5.74, 6) is -0.523. The van der Waals surface area contributed by atoms with E-state index >= 15 is 0 Å². The van der Waals surface area contributed by atoms with E-state index in [1.165, 1.54) is 25.0 Å². The molecule has 0 radical (unpaired) electrons.